The molecule has 0 spiro atoms. The fourth-order valence-electron chi connectivity index (χ4n) is 2.45. The Morgan fingerprint density at radius 3 is 2.17 bits per heavy atom. The Balaban J connectivity index is 1.90. The van der Waals surface area contributed by atoms with Crippen LogP contribution in [-0.2, 0) is 9.53 Å². The van der Waals surface area contributed by atoms with Crippen molar-refractivity contribution in [1.82, 2.24) is 0 Å². The highest BCUT2D eigenvalue weighted by atomic mass is 16.5. The maximum atomic E-state index is 12.4. The van der Waals surface area contributed by atoms with E-state index in [1.807, 2.05) is 0 Å². The summed E-state index contributed by atoms with van der Waals surface area (Å²) < 4.78 is 4.85. The number of esters is 1. The Hall–Kier alpha value is -3.28. The zero-order chi connectivity index (χ0) is 17.3. The molecule has 0 fully saturated rings. The number of carbonyl (C=O) groups excluding carboxylic acids is 4. The number of imide groups is 1. The number of benzene rings is 2. The van der Waals surface area contributed by atoms with E-state index >= 15 is 0 Å². The number of anilines is 1. The Bertz CT molecular complexity index is 836. The normalized spacial score (nSPS) is 13.0. The Labute approximate surface area is 137 Å². The second kappa shape index (κ2) is 6.08. The van der Waals surface area contributed by atoms with Crippen LogP contribution in [0.1, 0.15) is 38.0 Å². The monoisotopic (exact) mass is 323 g/mol. The molecular formula is C18H13NO5. The molecule has 0 unspecified atom stereocenters. The highest BCUT2D eigenvalue weighted by Crippen LogP contribution is 2.28. The van der Waals surface area contributed by atoms with Gasteiger partial charge in [-0.2, -0.15) is 0 Å². The number of nitrogens with zero attached hydrogens (tertiary/aromatic N) is 1. The number of carbonyl (C=O) groups is 4. The second-order valence-electron chi connectivity index (χ2n) is 5.32. The molecular weight excluding hydrogens is 310 g/mol. The average molecular weight is 323 g/mol. The van der Waals surface area contributed by atoms with Gasteiger partial charge < -0.3 is 4.74 Å². The van der Waals surface area contributed by atoms with E-state index < -0.39 is 17.8 Å². The number of Topliss-reactive ketones (excluding diaryl/α,β-unsaturated/α-hetero) is 1. The molecule has 0 bridgehead atoms. The smallest absolute Gasteiger partial charge is 0.338 e. The Morgan fingerprint density at radius 2 is 1.58 bits per heavy atom. The summed E-state index contributed by atoms with van der Waals surface area (Å²) in [6, 6.07) is 12.5. The zero-order valence-corrected chi connectivity index (χ0v) is 12.8. The lowest BCUT2D eigenvalue weighted by Gasteiger charge is -2.14. The number of hydrogen-bond acceptors (Lipinski definition) is 5. The summed E-state index contributed by atoms with van der Waals surface area (Å²) in [4.78, 5) is 48.7. The van der Waals surface area contributed by atoms with Gasteiger partial charge in [0.15, 0.2) is 5.78 Å². The van der Waals surface area contributed by atoms with Gasteiger partial charge in [-0.25, -0.2) is 9.69 Å². The first kappa shape index (κ1) is 15.6. The van der Waals surface area contributed by atoms with Gasteiger partial charge in [-0.1, -0.05) is 18.2 Å². The predicted octanol–water partition coefficient (Wildman–Crippen LogP) is 2.23. The maximum absolute atomic E-state index is 12.4. The number of ketones is 1. The number of ether oxygens (including phenoxy) is 1. The SMILES string of the molecule is CC(=O)COC(=O)c1cccc(N2C(=O)c3ccccc3C2=O)c1. The van der Waals surface area contributed by atoms with Crippen molar-refractivity contribution >= 4 is 29.3 Å². The van der Waals surface area contributed by atoms with Gasteiger partial charge in [-0.15, -0.1) is 0 Å². The number of rotatable bonds is 4. The van der Waals surface area contributed by atoms with Crippen molar-refractivity contribution in [3.8, 4) is 0 Å². The van der Waals surface area contributed by atoms with E-state index in [-0.39, 0.29) is 23.6 Å². The first-order valence-electron chi connectivity index (χ1n) is 7.23. The van der Waals surface area contributed by atoms with Gasteiger partial charge in [0.2, 0.25) is 0 Å². The number of fused-ring (bicyclic) bond motifs is 1. The largest absolute Gasteiger partial charge is 0.454 e. The molecule has 0 N–H and O–H groups in total. The Kier molecular flexibility index (Phi) is 3.95. The van der Waals surface area contributed by atoms with E-state index in [1.54, 1.807) is 36.4 Å². The lowest BCUT2D eigenvalue weighted by Crippen LogP contribution is -2.29. The molecule has 1 aliphatic rings. The molecule has 0 radical (unpaired) electrons. The Morgan fingerprint density at radius 1 is 0.958 bits per heavy atom. The minimum absolute atomic E-state index is 0.158. The molecule has 120 valence electrons. The first-order valence-corrected chi connectivity index (χ1v) is 7.23. The van der Waals surface area contributed by atoms with Crippen LogP contribution in [0.4, 0.5) is 5.69 Å². The van der Waals surface area contributed by atoms with Crippen molar-refractivity contribution < 1.29 is 23.9 Å². The van der Waals surface area contributed by atoms with Crippen LogP contribution in [0.15, 0.2) is 48.5 Å². The third-order valence-corrected chi connectivity index (χ3v) is 3.54. The highest BCUT2D eigenvalue weighted by Gasteiger charge is 2.36. The molecule has 6 nitrogen and oxygen atoms in total. The van der Waals surface area contributed by atoms with Gasteiger partial charge in [0.05, 0.1) is 22.4 Å². The molecule has 0 aromatic heterocycles. The van der Waals surface area contributed by atoms with Crippen molar-refractivity contribution in [2.75, 3.05) is 11.5 Å². The van der Waals surface area contributed by atoms with Crippen molar-refractivity contribution in [1.29, 1.82) is 0 Å². The summed E-state index contributed by atoms with van der Waals surface area (Å²) in [5.41, 5.74) is 1.09. The van der Waals surface area contributed by atoms with Crippen LogP contribution in [-0.4, -0.2) is 30.2 Å². The summed E-state index contributed by atoms with van der Waals surface area (Å²) in [5, 5.41) is 0. The molecule has 2 aromatic rings. The summed E-state index contributed by atoms with van der Waals surface area (Å²) in [7, 11) is 0. The average Bonchev–Trinajstić information content (AvgIpc) is 2.84. The predicted molar refractivity (Wildman–Crippen MR) is 85.0 cm³/mol. The molecule has 0 saturated heterocycles. The van der Waals surface area contributed by atoms with Crippen LogP contribution >= 0.6 is 0 Å². The minimum Gasteiger partial charge on any atom is -0.454 e. The topological polar surface area (TPSA) is 80.8 Å². The van der Waals surface area contributed by atoms with Crippen molar-refractivity contribution in [2.45, 2.75) is 6.92 Å². The van der Waals surface area contributed by atoms with Crippen molar-refractivity contribution in [2.24, 2.45) is 0 Å². The molecule has 2 amide bonds. The molecule has 1 heterocycles. The van der Waals surface area contributed by atoms with E-state index in [0.717, 1.165) is 4.90 Å². The fraction of sp³-hybridized carbons (Fsp3) is 0.111. The maximum Gasteiger partial charge on any atom is 0.338 e. The van der Waals surface area contributed by atoms with Crippen molar-refractivity contribution in [3.63, 3.8) is 0 Å². The van der Waals surface area contributed by atoms with E-state index in [0.29, 0.717) is 11.1 Å². The first-order chi connectivity index (χ1) is 11.5. The summed E-state index contributed by atoms with van der Waals surface area (Å²) >= 11 is 0. The van der Waals surface area contributed by atoms with Crippen LogP contribution in [0.25, 0.3) is 0 Å². The molecule has 0 atom stereocenters. The van der Waals surface area contributed by atoms with Crippen LogP contribution in [0.5, 0.6) is 0 Å². The van der Waals surface area contributed by atoms with Crippen LogP contribution in [0, 0.1) is 0 Å². The summed E-state index contributed by atoms with van der Waals surface area (Å²) in [5.74, 6) is -1.85. The van der Waals surface area contributed by atoms with Gasteiger partial charge >= 0.3 is 5.97 Å². The molecule has 3 rings (SSSR count). The molecule has 2 aromatic carbocycles. The van der Waals surface area contributed by atoms with Crippen molar-refractivity contribution in [3.05, 3.63) is 65.2 Å². The molecule has 1 aliphatic heterocycles. The van der Waals surface area contributed by atoms with Gasteiger partial charge in [0.25, 0.3) is 11.8 Å². The minimum atomic E-state index is -0.691. The number of hydrogen-bond donors (Lipinski definition) is 0. The molecule has 24 heavy (non-hydrogen) atoms. The van der Waals surface area contributed by atoms with E-state index in [2.05, 4.69) is 0 Å². The lowest BCUT2D eigenvalue weighted by molar-refractivity contribution is -0.120. The van der Waals surface area contributed by atoms with E-state index in [4.69, 9.17) is 4.74 Å². The fourth-order valence-corrected chi connectivity index (χ4v) is 2.45. The quantitative estimate of drug-likeness (QED) is 0.636. The summed E-state index contributed by atoms with van der Waals surface area (Å²) in [6.07, 6.45) is 0. The van der Waals surface area contributed by atoms with Gasteiger partial charge in [0, 0.05) is 0 Å². The molecule has 0 saturated carbocycles. The zero-order valence-electron chi connectivity index (χ0n) is 12.8. The number of amides is 2. The van der Waals surface area contributed by atoms with Crippen LogP contribution < -0.4 is 4.90 Å². The summed E-state index contributed by atoms with van der Waals surface area (Å²) in [6.45, 7) is 0.985. The third-order valence-electron chi connectivity index (χ3n) is 3.54. The standard InChI is InChI=1S/C18H13NO5/c1-11(20)10-24-18(23)12-5-4-6-13(9-12)19-16(21)14-7-2-3-8-15(14)17(19)22/h2-9H,10H2,1H3. The van der Waals surface area contributed by atoms with Gasteiger partial charge in [-0.05, 0) is 37.3 Å². The van der Waals surface area contributed by atoms with Gasteiger partial charge in [0.1, 0.15) is 6.61 Å². The van der Waals surface area contributed by atoms with Gasteiger partial charge in [-0.3, -0.25) is 14.4 Å². The lowest BCUT2D eigenvalue weighted by atomic mass is 10.1. The van der Waals surface area contributed by atoms with E-state index in [9.17, 15) is 19.2 Å². The van der Waals surface area contributed by atoms with Crippen LogP contribution in [0.2, 0.25) is 0 Å². The second-order valence-corrected chi connectivity index (χ2v) is 5.32. The molecule has 6 heteroatoms. The highest BCUT2D eigenvalue weighted by molar-refractivity contribution is 6.34. The third kappa shape index (κ3) is 2.69. The van der Waals surface area contributed by atoms with Crippen LogP contribution in [0.3, 0.4) is 0 Å². The molecule has 0 aliphatic carbocycles. The van der Waals surface area contributed by atoms with E-state index in [1.165, 1.54) is 19.1 Å².